The zero-order valence-corrected chi connectivity index (χ0v) is 11.0. The van der Waals surface area contributed by atoms with E-state index >= 15 is 0 Å². The van der Waals surface area contributed by atoms with Gasteiger partial charge < -0.3 is 19.8 Å². The highest BCUT2D eigenvalue weighted by molar-refractivity contribution is 5.94. The van der Waals surface area contributed by atoms with Crippen molar-refractivity contribution in [2.45, 2.75) is 18.4 Å². The minimum Gasteiger partial charge on any atom is -0.508 e. The third-order valence-corrected chi connectivity index (χ3v) is 3.39. The van der Waals surface area contributed by atoms with Crippen molar-refractivity contribution in [2.75, 3.05) is 26.8 Å². The fourth-order valence-electron chi connectivity index (χ4n) is 2.28. The normalized spacial score (nSPS) is 18.0. The monoisotopic (exact) mass is 265 g/mol. The number of nitrogens with zero attached hydrogens (tertiary/aromatic N) is 1. The van der Waals surface area contributed by atoms with E-state index in [1.54, 1.807) is 19.2 Å². The zero-order chi connectivity index (χ0) is 13.9. The van der Waals surface area contributed by atoms with Crippen LogP contribution in [0.2, 0.25) is 0 Å². The molecule has 0 saturated carbocycles. The van der Waals surface area contributed by atoms with Gasteiger partial charge in [-0.3, -0.25) is 4.79 Å². The van der Waals surface area contributed by atoms with Crippen molar-refractivity contribution in [3.8, 4) is 5.75 Å². The number of phenols is 1. The van der Waals surface area contributed by atoms with Crippen LogP contribution in [-0.4, -0.2) is 53.4 Å². The first kappa shape index (κ1) is 13.8. The zero-order valence-electron chi connectivity index (χ0n) is 11.0. The molecular weight excluding hydrogens is 246 g/mol. The van der Waals surface area contributed by atoms with Crippen molar-refractivity contribution < 1.29 is 19.7 Å². The van der Waals surface area contributed by atoms with Crippen molar-refractivity contribution in [3.63, 3.8) is 0 Å². The lowest BCUT2D eigenvalue weighted by atomic mass is 9.93. The molecule has 1 aliphatic heterocycles. The molecule has 0 aliphatic carbocycles. The molecule has 5 heteroatoms. The Balaban J connectivity index is 2.03. The fourth-order valence-corrected chi connectivity index (χ4v) is 2.28. The van der Waals surface area contributed by atoms with Crippen LogP contribution in [0.5, 0.6) is 5.75 Å². The summed E-state index contributed by atoms with van der Waals surface area (Å²) in [6, 6.07) is 6.21. The molecule has 1 aromatic carbocycles. The quantitative estimate of drug-likeness (QED) is 0.855. The van der Waals surface area contributed by atoms with E-state index in [0.29, 0.717) is 31.6 Å². The number of hydrogen-bond acceptors (Lipinski definition) is 4. The van der Waals surface area contributed by atoms with Crippen LogP contribution in [0.1, 0.15) is 23.2 Å². The van der Waals surface area contributed by atoms with Gasteiger partial charge in [-0.05, 0) is 18.2 Å². The summed E-state index contributed by atoms with van der Waals surface area (Å²) in [4.78, 5) is 13.7. The summed E-state index contributed by atoms with van der Waals surface area (Å²) < 4.78 is 5.21. The predicted molar refractivity (Wildman–Crippen MR) is 70.1 cm³/mol. The standard InChI is InChI=1S/C14H19NO4/c1-15(10-14(18)5-7-19-8-6-14)13(17)11-3-2-4-12(16)9-11/h2-4,9,16,18H,5-8,10H2,1H3. The van der Waals surface area contributed by atoms with E-state index < -0.39 is 5.60 Å². The van der Waals surface area contributed by atoms with Crippen molar-refractivity contribution in [1.29, 1.82) is 0 Å². The van der Waals surface area contributed by atoms with Crippen LogP contribution in [0.25, 0.3) is 0 Å². The summed E-state index contributed by atoms with van der Waals surface area (Å²) in [6.07, 6.45) is 1.06. The Bertz CT molecular complexity index is 455. The van der Waals surface area contributed by atoms with Crippen molar-refractivity contribution in [3.05, 3.63) is 29.8 Å². The van der Waals surface area contributed by atoms with Gasteiger partial charge in [0, 0.05) is 45.2 Å². The fraction of sp³-hybridized carbons (Fsp3) is 0.500. The van der Waals surface area contributed by atoms with E-state index in [1.807, 2.05) is 0 Å². The molecule has 0 aromatic heterocycles. The maximum atomic E-state index is 12.2. The number of ether oxygens (including phenoxy) is 1. The highest BCUT2D eigenvalue weighted by Crippen LogP contribution is 2.22. The molecule has 0 bridgehead atoms. The van der Waals surface area contributed by atoms with Crippen molar-refractivity contribution in [2.24, 2.45) is 0 Å². The molecule has 1 fully saturated rings. The topological polar surface area (TPSA) is 70.0 Å². The Morgan fingerprint density at radius 3 is 2.74 bits per heavy atom. The number of hydrogen-bond donors (Lipinski definition) is 2. The van der Waals surface area contributed by atoms with Crippen LogP contribution >= 0.6 is 0 Å². The van der Waals surface area contributed by atoms with Gasteiger partial charge in [0.2, 0.25) is 0 Å². The SMILES string of the molecule is CN(CC1(O)CCOCC1)C(=O)c1cccc(O)c1. The molecule has 0 unspecified atom stereocenters. The summed E-state index contributed by atoms with van der Waals surface area (Å²) in [6.45, 7) is 1.31. The van der Waals surface area contributed by atoms with Gasteiger partial charge in [0.1, 0.15) is 5.75 Å². The molecule has 1 aliphatic rings. The molecule has 104 valence electrons. The molecule has 1 heterocycles. The maximum absolute atomic E-state index is 12.2. The van der Waals surface area contributed by atoms with Crippen LogP contribution in [0.3, 0.4) is 0 Å². The number of carbonyl (C=O) groups excluding carboxylic acids is 1. The molecule has 0 atom stereocenters. The Morgan fingerprint density at radius 2 is 2.11 bits per heavy atom. The molecule has 1 amide bonds. The van der Waals surface area contributed by atoms with Gasteiger partial charge in [-0.15, -0.1) is 0 Å². The summed E-state index contributed by atoms with van der Waals surface area (Å²) in [5.41, 5.74) is -0.461. The predicted octanol–water partition coefficient (Wildman–Crippen LogP) is 1.01. The van der Waals surface area contributed by atoms with E-state index in [-0.39, 0.29) is 18.2 Å². The van der Waals surface area contributed by atoms with Crippen molar-refractivity contribution in [1.82, 2.24) is 4.90 Å². The van der Waals surface area contributed by atoms with Gasteiger partial charge in [0.05, 0.1) is 5.60 Å². The number of phenolic OH excluding ortho intramolecular Hbond substituents is 1. The molecule has 1 aromatic rings. The van der Waals surface area contributed by atoms with Gasteiger partial charge in [0.15, 0.2) is 0 Å². The molecule has 0 radical (unpaired) electrons. The Kier molecular flexibility index (Phi) is 4.07. The molecule has 0 spiro atoms. The highest BCUT2D eigenvalue weighted by Gasteiger charge is 2.32. The number of likely N-dealkylation sites (N-methyl/N-ethyl adjacent to an activating group) is 1. The average molecular weight is 265 g/mol. The second-order valence-electron chi connectivity index (χ2n) is 5.05. The highest BCUT2D eigenvalue weighted by atomic mass is 16.5. The average Bonchev–Trinajstić information content (AvgIpc) is 2.38. The van der Waals surface area contributed by atoms with E-state index in [1.165, 1.54) is 17.0 Å². The second kappa shape index (κ2) is 5.59. The summed E-state index contributed by atoms with van der Waals surface area (Å²) in [5, 5.41) is 19.7. The van der Waals surface area contributed by atoms with E-state index in [2.05, 4.69) is 0 Å². The lowest BCUT2D eigenvalue weighted by molar-refractivity contribution is -0.0734. The third-order valence-electron chi connectivity index (χ3n) is 3.39. The van der Waals surface area contributed by atoms with Crippen molar-refractivity contribution >= 4 is 5.91 Å². The molecular formula is C14H19NO4. The van der Waals surface area contributed by atoms with Gasteiger partial charge in [-0.25, -0.2) is 0 Å². The first-order valence-corrected chi connectivity index (χ1v) is 6.35. The maximum Gasteiger partial charge on any atom is 0.253 e. The Labute approximate surface area is 112 Å². The van der Waals surface area contributed by atoms with Gasteiger partial charge in [0.25, 0.3) is 5.91 Å². The Hall–Kier alpha value is -1.59. The molecule has 1 saturated heterocycles. The summed E-state index contributed by atoms with van der Waals surface area (Å²) in [5.74, 6) is -0.153. The van der Waals surface area contributed by atoms with E-state index in [0.717, 1.165) is 0 Å². The number of benzene rings is 1. The molecule has 5 nitrogen and oxygen atoms in total. The minimum atomic E-state index is -0.876. The van der Waals surface area contributed by atoms with Gasteiger partial charge >= 0.3 is 0 Å². The first-order valence-electron chi connectivity index (χ1n) is 6.35. The molecule has 2 rings (SSSR count). The largest absolute Gasteiger partial charge is 0.508 e. The number of amides is 1. The van der Waals surface area contributed by atoms with Crippen LogP contribution in [0, 0.1) is 0 Å². The number of aromatic hydroxyl groups is 1. The third kappa shape index (κ3) is 3.45. The van der Waals surface area contributed by atoms with Crippen LogP contribution in [0.4, 0.5) is 0 Å². The van der Waals surface area contributed by atoms with E-state index in [9.17, 15) is 15.0 Å². The Morgan fingerprint density at radius 1 is 1.42 bits per heavy atom. The van der Waals surface area contributed by atoms with Crippen LogP contribution in [0.15, 0.2) is 24.3 Å². The van der Waals surface area contributed by atoms with Gasteiger partial charge in [-0.1, -0.05) is 6.07 Å². The number of carbonyl (C=O) groups is 1. The van der Waals surface area contributed by atoms with Crippen LogP contribution < -0.4 is 0 Å². The summed E-state index contributed by atoms with van der Waals surface area (Å²) in [7, 11) is 1.65. The minimum absolute atomic E-state index is 0.0593. The molecule has 19 heavy (non-hydrogen) atoms. The second-order valence-corrected chi connectivity index (χ2v) is 5.05. The van der Waals surface area contributed by atoms with Crippen LogP contribution in [-0.2, 0) is 4.74 Å². The lowest BCUT2D eigenvalue weighted by Gasteiger charge is -2.35. The smallest absolute Gasteiger partial charge is 0.253 e. The lowest BCUT2D eigenvalue weighted by Crippen LogP contribution is -2.47. The molecule has 2 N–H and O–H groups in total. The van der Waals surface area contributed by atoms with Gasteiger partial charge in [-0.2, -0.15) is 0 Å². The number of aliphatic hydroxyl groups is 1. The van der Waals surface area contributed by atoms with E-state index in [4.69, 9.17) is 4.74 Å². The first-order chi connectivity index (χ1) is 9.00. The summed E-state index contributed by atoms with van der Waals surface area (Å²) >= 11 is 0. The number of rotatable bonds is 3.